The number of rotatable bonds is 8. The number of fused-ring (bicyclic) bond motifs is 1. The number of aryl methyl sites for hydroxylation is 1. The number of carbonyl (C=O) groups is 2. The van der Waals surface area contributed by atoms with E-state index in [0.717, 1.165) is 44.3 Å². The second kappa shape index (κ2) is 12.0. The Labute approximate surface area is 194 Å². The molecule has 1 aromatic heterocycles. The van der Waals surface area contributed by atoms with Gasteiger partial charge in [-0.3, -0.25) is 9.69 Å². The minimum atomic E-state index is -0.346. The highest BCUT2D eigenvalue weighted by Crippen LogP contribution is 2.25. The van der Waals surface area contributed by atoms with E-state index < -0.39 is 0 Å². The van der Waals surface area contributed by atoms with Crippen LogP contribution in [0.15, 0.2) is 47.4 Å². The summed E-state index contributed by atoms with van der Waals surface area (Å²) in [5, 5.41) is 12.5. The third-order valence-electron chi connectivity index (χ3n) is 5.43. The van der Waals surface area contributed by atoms with E-state index in [0.29, 0.717) is 42.3 Å². The zero-order valence-electron chi connectivity index (χ0n) is 19.2. The van der Waals surface area contributed by atoms with E-state index in [1.807, 2.05) is 19.1 Å². The molecule has 1 saturated heterocycles. The monoisotopic (exact) mass is 450 g/mol. The lowest BCUT2D eigenvalue weighted by Gasteiger charge is -2.28. The molecular weight excluding hydrogens is 420 g/mol. The molecule has 2 aliphatic heterocycles. The van der Waals surface area contributed by atoms with Crippen LogP contribution in [0.25, 0.3) is 0 Å². The minimum absolute atomic E-state index is 0.00124. The van der Waals surface area contributed by atoms with E-state index in [1.54, 1.807) is 30.0 Å². The topological polar surface area (TPSA) is 105 Å². The fourth-order valence-electron chi connectivity index (χ4n) is 3.75. The van der Waals surface area contributed by atoms with Crippen molar-refractivity contribution >= 4 is 18.1 Å². The average molecular weight is 451 g/mol. The molecule has 8 heteroatoms. The molecule has 0 radical (unpaired) electrons. The van der Waals surface area contributed by atoms with Crippen LogP contribution in [0.5, 0.6) is 0 Å². The molecule has 3 heterocycles. The van der Waals surface area contributed by atoms with Gasteiger partial charge in [-0.05, 0) is 56.7 Å². The van der Waals surface area contributed by atoms with E-state index in [1.165, 1.54) is 0 Å². The number of pyridine rings is 1. The molecule has 1 unspecified atom stereocenters. The number of carbonyl (C=O) groups excluding carboxylic acids is 2. The molecule has 2 amide bonds. The van der Waals surface area contributed by atoms with Gasteiger partial charge in [-0.25, -0.2) is 9.78 Å². The van der Waals surface area contributed by atoms with Gasteiger partial charge in [0.25, 0.3) is 0 Å². The summed E-state index contributed by atoms with van der Waals surface area (Å²) in [6.07, 6.45) is 10.3. The first-order valence-corrected chi connectivity index (χ1v) is 11.3. The van der Waals surface area contributed by atoms with Crippen molar-refractivity contribution in [1.82, 2.24) is 10.3 Å². The molecule has 0 spiro atoms. The Balaban J connectivity index is 1.79. The van der Waals surface area contributed by atoms with Crippen molar-refractivity contribution in [3.05, 3.63) is 58.6 Å². The number of urea groups is 1. The molecule has 1 aromatic rings. The van der Waals surface area contributed by atoms with E-state index in [2.05, 4.69) is 16.4 Å². The van der Waals surface area contributed by atoms with Gasteiger partial charge in [0, 0.05) is 24.9 Å². The van der Waals surface area contributed by atoms with Crippen LogP contribution in [0.4, 0.5) is 10.6 Å². The number of allylic oxidation sites excluding steroid dienone is 5. The summed E-state index contributed by atoms with van der Waals surface area (Å²) in [4.78, 5) is 30.0. The smallest absolute Gasteiger partial charge is 0.327 e. The highest BCUT2D eigenvalue weighted by Gasteiger charge is 2.24. The van der Waals surface area contributed by atoms with Crippen molar-refractivity contribution in [2.45, 2.75) is 52.1 Å². The van der Waals surface area contributed by atoms with Gasteiger partial charge in [-0.15, -0.1) is 0 Å². The summed E-state index contributed by atoms with van der Waals surface area (Å²) < 4.78 is 11.6. The van der Waals surface area contributed by atoms with Gasteiger partial charge < -0.3 is 14.8 Å². The Hall–Kier alpha value is -3.44. The Morgan fingerprint density at radius 1 is 1.42 bits per heavy atom. The summed E-state index contributed by atoms with van der Waals surface area (Å²) in [6, 6.07) is 5.33. The van der Waals surface area contributed by atoms with Crippen LogP contribution in [0, 0.1) is 11.3 Å². The third kappa shape index (κ3) is 6.53. The van der Waals surface area contributed by atoms with E-state index >= 15 is 0 Å². The second-order valence-electron chi connectivity index (χ2n) is 8.00. The molecule has 1 atom stereocenters. The molecular formula is C25H30N4O4. The summed E-state index contributed by atoms with van der Waals surface area (Å²) >= 11 is 0. The summed E-state index contributed by atoms with van der Waals surface area (Å²) in [5.74, 6) is 0.890. The lowest BCUT2D eigenvalue weighted by Crippen LogP contribution is -2.42. The summed E-state index contributed by atoms with van der Waals surface area (Å²) in [6.45, 7) is 5.29. The predicted molar refractivity (Wildman–Crippen MR) is 125 cm³/mol. The lowest BCUT2D eigenvalue weighted by molar-refractivity contribution is 0.0456. The molecule has 1 N–H and O–H groups in total. The number of nitrogens with one attached hydrogen (secondary N) is 1. The number of amides is 2. The Bertz CT molecular complexity index is 1000. The van der Waals surface area contributed by atoms with Crippen molar-refractivity contribution in [3.63, 3.8) is 0 Å². The summed E-state index contributed by atoms with van der Waals surface area (Å²) in [5.41, 5.74) is 2.12. The van der Waals surface area contributed by atoms with Crippen LogP contribution in [-0.2, 0) is 15.9 Å². The van der Waals surface area contributed by atoms with Gasteiger partial charge >= 0.3 is 6.03 Å². The third-order valence-corrected chi connectivity index (χ3v) is 5.43. The number of aldehydes is 1. The number of anilines is 1. The Morgan fingerprint density at radius 3 is 2.97 bits per heavy atom. The summed E-state index contributed by atoms with van der Waals surface area (Å²) in [7, 11) is 0. The molecule has 174 valence electrons. The number of ether oxygens (including phenoxy) is 2. The van der Waals surface area contributed by atoms with Crippen molar-refractivity contribution in [2.24, 2.45) is 0 Å². The zero-order valence-corrected chi connectivity index (χ0v) is 19.2. The SMILES string of the molecule is CC/C=C/C(C#N)=C(\C=C(/C)NC(=O)N1CCCc2ccc(C=O)nc21)OCC1CCCO1. The molecule has 0 aromatic carbocycles. The molecule has 0 saturated carbocycles. The standard InChI is InChI=1S/C25H30N4O4/c1-3-4-7-20(15-26)23(33-17-22-9-6-13-32-22)14-18(2)27-25(31)29-12-5-8-19-10-11-21(16-30)28-24(19)29/h4,7,10-11,14,16,22H,3,5-6,8-9,12-13,17H2,1-2H3,(H,27,31)/b7-4+,18-14+,23-20-. The van der Waals surface area contributed by atoms with Gasteiger partial charge in [-0.1, -0.05) is 19.1 Å². The first-order chi connectivity index (χ1) is 16.0. The van der Waals surface area contributed by atoms with Crippen molar-refractivity contribution in [1.29, 1.82) is 5.26 Å². The number of nitriles is 1. The first kappa shape index (κ1) is 24.2. The highest BCUT2D eigenvalue weighted by molar-refractivity contribution is 5.93. The van der Waals surface area contributed by atoms with Crippen molar-refractivity contribution < 1.29 is 19.1 Å². The lowest BCUT2D eigenvalue weighted by atomic mass is 10.1. The normalized spacial score (nSPS) is 19.0. The maximum atomic E-state index is 13.0. The van der Waals surface area contributed by atoms with E-state index in [4.69, 9.17) is 9.47 Å². The van der Waals surface area contributed by atoms with Crippen LogP contribution < -0.4 is 10.2 Å². The molecule has 0 aliphatic carbocycles. The fourth-order valence-corrected chi connectivity index (χ4v) is 3.75. The fraction of sp³-hybridized carbons (Fsp3) is 0.440. The molecule has 1 fully saturated rings. The van der Waals surface area contributed by atoms with E-state index in [-0.39, 0.29) is 17.8 Å². The Morgan fingerprint density at radius 2 is 2.27 bits per heavy atom. The number of hydrogen-bond acceptors (Lipinski definition) is 6. The van der Waals surface area contributed by atoms with E-state index in [9.17, 15) is 14.9 Å². The van der Waals surface area contributed by atoms with Gasteiger partial charge in [0.05, 0.1) is 11.7 Å². The van der Waals surface area contributed by atoms with Gasteiger partial charge in [0.15, 0.2) is 6.29 Å². The Kier molecular flexibility index (Phi) is 8.79. The minimum Gasteiger partial charge on any atom is -0.489 e. The van der Waals surface area contributed by atoms with Crippen LogP contribution >= 0.6 is 0 Å². The highest BCUT2D eigenvalue weighted by atomic mass is 16.5. The average Bonchev–Trinajstić information content (AvgIpc) is 3.35. The quantitative estimate of drug-likeness (QED) is 0.275. The second-order valence-corrected chi connectivity index (χ2v) is 8.00. The van der Waals surface area contributed by atoms with Crippen LogP contribution in [0.3, 0.4) is 0 Å². The van der Waals surface area contributed by atoms with Crippen LogP contribution in [0.2, 0.25) is 0 Å². The first-order valence-electron chi connectivity index (χ1n) is 11.3. The molecule has 0 bridgehead atoms. The van der Waals surface area contributed by atoms with Gasteiger partial charge in [0.1, 0.15) is 29.9 Å². The van der Waals surface area contributed by atoms with Crippen molar-refractivity contribution in [2.75, 3.05) is 24.7 Å². The van der Waals surface area contributed by atoms with Gasteiger partial charge in [0.2, 0.25) is 0 Å². The maximum Gasteiger partial charge on any atom is 0.327 e. The maximum absolute atomic E-state index is 13.0. The van der Waals surface area contributed by atoms with Crippen LogP contribution in [0.1, 0.15) is 55.6 Å². The number of hydrogen-bond donors (Lipinski definition) is 1. The molecule has 3 rings (SSSR count). The predicted octanol–water partition coefficient (Wildman–Crippen LogP) is 4.20. The largest absolute Gasteiger partial charge is 0.489 e. The zero-order chi connectivity index (χ0) is 23.6. The van der Waals surface area contributed by atoms with Gasteiger partial charge in [-0.2, -0.15) is 5.26 Å². The number of aromatic nitrogens is 1. The molecule has 2 aliphatic rings. The molecule has 33 heavy (non-hydrogen) atoms. The molecule has 8 nitrogen and oxygen atoms in total. The van der Waals surface area contributed by atoms with Crippen molar-refractivity contribution in [3.8, 4) is 6.07 Å². The van der Waals surface area contributed by atoms with Crippen LogP contribution in [-0.4, -0.2) is 43.2 Å². The number of nitrogens with zero attached hydrogens (tertiary/aromatic N) is 3.